The minimum atomic E-state index is -3.70. The van der Waals surface area contributed by atoms with Crippen LogP contribution in [0.4, 0.5) is 5.69 Å². The summed E-state index contributed by atoms with van der Waals surface area (Å²) in [6.07, 6.45) is 1.09. The van der Waals surface area contributed by atoms with Crippen molar-refractivity contribution in [3.8, 4) is 0 Å². The summed E-state index contributed by atoms with van der Waals surface area (Å²) in [6.45, 7) is 9.28. The highest BCUT2D eigenvalue weighted by atomic mass is 35.5. The summed E-state index contributed by atoms with van der Waals surface area (Å²) in [5.41, 5.74) is 4.40. The highest BCUT2D eigenvalue weighted by Crippen LogP contribution is 2.28. The lowest BCUT2D eigenvalue weighted by Crippen LogP contribution is -2.48. The first-order chi connectivity index (χ1) is 12.9. The predicted octanol–water partition coefficient (Wildman–Crippen LogP) is 4.30. The van der Waals surface area contributed by atoms with Crippen LogP contribution < -0.4 is 9.62 Å². The van der Waals surface area contributed by atoms with Crippen LogP contribution in [-0.4, -0.2) is 26.6 Å². The minimum Gasteiger partial charge on any atom is -0.348 e. The van der Waals surface area contributed by atoms with Gasteiger partial charge in [-0.2, -0.15) is 0 Å². The molecule has 0 aromatic heterocycles. The topological polar surface area (TPSA) is 66.5 Å². The monoisotopic (exact) mass is 422 g/mol. The van der Waals surface area contributed by atoms with E-state index in [-0.39, 0.29) is 11.9 Å². The molecule has 0 aliphatic rings. The van der Waals surface area contributed by atoms with Crippen LogP contribution in [0.5, 0.6) is 0 Å². The largest absolute Gasteiger partial charge is 0.348 e. The summed E-state index contributed by atoms with van der Waals surface area (Å²) in [5, 5.41) is 3.33. The number of aryl methyl sites for hydroxylation is 3. The number of nitrogens with zero attached hydrogens (tertiary/aromatic N) is 1. The standard InChI is InChI=1S/C21H27ClN2O3S/c1-13-7-9-18(11-15(13)3)16(4)23-21(25)17(5)24(28(6,26)27)20-12-19(22)10-8-14(20)2/h7-12,16-17H,1-6H3,(H,23,25)/t16-,17-/m0/s1. The molecule has 0 aliphatic heterocycles. The van der Waals surface area contributed by atoms with Gasteiger partial charge in [-0.25, -0.2) is 8.42 Å². The normalized spacial score (nSPS) is 13.7. The van der Waals surface area contributed by atoms with Gasteiger partial charge in [-0.15, -0.1) is 0 Å². The van der Waals surface area contributed by atoms with Gasteiger partial charge in [-0.1, -0.05) is 35.9 Å². The maximum Gasteiger partial charge on any atom is 0.244 e. The lowest BCUT2D eigenvalue weighted by atomic mass is 10.0. The van der Waals surface area contributed by atoms with Gasteiger partial charge >= 0.3 is 0 Å². The summed E-state index contributed by atoms with van der Waals surface area (Å²) in [4.78, 5) is 12.9. The minimum absolute atomic E-state index is 0.254. The fourth-order valence-corrected chi connectivity index (χ4v) is 4.44. The third-order valence-electron chi connectivity index (χ3n) is 4.89. The van der Waals surface area contributed by atoms with E-state index in [1.165, 1.54) is 5.56 Å². The van der Waals surface area contributed by atoms with E-state index in [1.807, 2.05) is 39.0 Å². The second-order valence-electron chi connectivity index (χ2n) is 7.24. The molecule has 0 saturated heterocycles. The second-order valence-corrected chi connectivity index (χ2v) is 9.54. The molecular weight excluding hydrogens is 396 g/mol. The molecule has 0 spiro atoms. The molecule has 5 nitrogen and oxygen atoms in total. The van der Waals surface area contributed by atoms with Gasteiger partial charge in [0.2, 0.25) is 15.9 Å². The molecule has 1 N–H and O–H groups in total. The average Bonchev–Trinajstić information content (AvgIpc) is 2.59. The molecule has 0 radical (unpaired) electrons. The first-order valence-corrected chi connectivity index (χ1v) is 11.3. The molecule has 2 atom stereocenters. The Bertz CT molecular complexity index is 989. The van der Waals surface area contributed by atoms with Crippen LogP contribution in [0.2, 0.25) is 5.02 Å². The Morgan fingerprint density at radius 3 is 2.18 bits per heavy atom. The Morgan fingerprint density at radius 2 is 1.61 bits per heavy atom. The van der Waals surface area contributed by atoms with E-state index in [0.717, 1.165) is 27.3 Å². The van der Waals surface area contributed by atoms with Crippen molar-refractivity contribution in [1.29, 1.82) is 0 Å². The number of sulfonamides is 1. The van der Waals surface area contributed by atoms with Crippen molar-refractivity contribution in [2.75, 3.05) is 10.6 Å². The van der Waals surface area contributed by atoms with E-state index in [0.29, 0.717) is 10.7 Å². The number of carbonyl (C=O) groups is 1. The van der Waals surface area contributed by atoms with E-state index in [9.17, 15) is 13.2 Å². The first-order valence-electron chi connectivity index (χ1n) is 9.05. The number of halogens is 1. The number of amides is 1. The molecule has 0 bridgehead atoms. The van der Waals surface area contributed by atoms with Crippen LogP contribution in [0.3, 0.4) is 0 Å². The molecule has 152 valence electrons. The van der Waals surface area contributed by atoms with Crippen molar-refractivity contribution in [3.63, 3.8) is 0 Å². The van der Waals surface area contributed by atoms with Gasteiger partial charge in [0.05, 0.1) is 18.0 Å². The summed E-state index contributed by atoms with van der Waals surface area (Å²) < 4.78 is 26.1. The number of rotatable bonds is 6. The fourth-order valence-electron chi connectivity index (χ4n) is 3.05. The number of carbonyl (C=O) groups excluding carboxylic acids is 1. The van der Waals surface area contributed by atoms with Gasteiger partial charge in [0.1, 0.15) is 6.04 Å². The molecule has 0 heterocycles. The SMILES string of the molecule is Cc1ccc([C@H](C)NC(=O)[C@H](C)N(c2cc(Cl)ccc2C)S(C)(=O)=O)cc1C. The Hall–Kier alpha value is -2.05. The van der Waals surface area contributed by atoms with Crippen molar-refractivity contribution in [2.45, 2.75) is 46.7 Å². The molecule has 1 amide bonds. The average molecular weight is 423 g/mol. The maximum atomic E-state index is 12.9. The number of benzene rings is 2. The number of anilines is 1. The van der Waals surface area contributed by atoms with E-state index in [4.69, 9.17) is 11.6 Å². The zero-order valence-corrected chi connectivity index (χ0v) is 18.6. The van der Waals surface area contributed by atoms with Gasteiger partial charge in [0, 0.05) is 5.02 Å². The quantitative estimate of drug-likeness (QED) is 0.754. The van der Waals surface area contributed by atoms with Crippen LogP contribution in [-0.2, 0) is 14.8 Å². The summed E-state index contributed by atoms with van der Waals surface area (Å²) in [5.74, 6) is -0.379. The maximum absolute atomic E-state index is 12.9. The smallest absolute Gasteiger partial charge is 0.244 e. The van der Waals surface area contributed by atoms with Crippen molar-refractivity contribution in [2.24, 2.45) is 0 Å². The summed E-state index contributed by atoms with van der Waals surface area (Å²) >= 11 is 6.07. The molecule has 0 aliphatic carbocycles. The molecule has 2 aromatic carbocycles. The van der Waals surface area contributed by atoms with Crippen molar-refractivity contribution < 1.29 is 13.2 Å². The zero-order valence-electron chi connectivity index (χ0n) is 17.1. The summed E-state index contributed by atoms with van der Waals surface area (Å²) in [7, 11) is -3.70. The molecule has 0 saturated carbocycles. The lowest BCUT2D eigenvalue weighted by Gasteiger charge is -2.30. The van der Waals surface area contributed by atoms with Crippen LogP contribution in [0.15, 0.2) is 36.4 Å². The first kappa shape index (κ1) is 22.2. The molecule has 7 heteroatoms. The molecule has 2 aromatic rings. The lowest BCUT2D eigenvalue weighted by molar-refractivity contribution is -0.122. The number of nitrogens with one attached hydrogen (secondary N) is 1. The Morgan fingerprint density at radius 1 is 1.00 bits per heavy atom. The Kier molecular flexibility index (Phi) is 6.78. The van der Waals surface area contributed by atoms with Gasteiger partial charge in [-0.05, 0) is 69.0 Å². The Balaban J connectivity index is 2.31. The second kappa shape index (κ2) is 8.53. The predicted molar refractivity (Wildman–Crippen MR) is 115 cm³/mol. The highest BCUT2D eigenvalue weighted by Gasteiger charge is 2.31. The van der Waals surface area contributed by atoms with Crippen LogP contribution >= 0.6 is 11.6 Å². The van der Waals surface area contributed by atoms with Crippen molar-refractivity contribution in [3.05, 3.63) is 63.7 Å². The van der Waals surface area contributed by atoms with Gasteiger partial charge in [0.15, 0.2) is 0 Å². The van der Waals surface area contributed by atoms with Crippen molar-refractivity contribution >= 4 is 33.2 Å². The Labute approximate surface area is 172 Å². The third kappa shape index (κ3) is 5.06. The van der Waals surface area contributed by atoms with Gasteiger partial charge < -0.3 is 5.32 Å². The molecule has 28 heavy (non-hydrogen) atoms. The van der Waals surface area contributed by atoms with Crippen LogP contribution in [0.1, 0.15) is 42.1 Å². The number of hydrogen-bond acceptors (Lipinski definition) is 3. The molecule has 0 unspecified atom stereocenters. The van der Waals surface area contributed by atoms with Crippen molar-refractivity contribution in [1.82, 2.24) is 5.32 Å². The van der Waals surface area contributed by atoms with Crippen LogP contribution in [0.25, 0.3) is 0 Å². The zero-order chi connectivity index (χ0) is 21.2. The van der Waals surface area contributed by atoms with E-state index in [1.54, 1.807) is 32.0 Å². The van der Waals surface area contributed by atoms with Crippen LogP contribution in [0, 0.1) is 20.8 Å². The molecule has 2 rings (SSSR count). The van der Waals surface area contributed by atoms with Gasteiger partial charge in [-0.3, -0.25) is 9.10 Å². The highest BCUT2D eigenvalue weighted by molar-refractivity contribution is 7.92. The summed E-state index contributed by atoms with van der Waals surface area (Å²) in [6, 6.07) is 9.81. The number of hydrogen-bond donors (Lipinski definition) is 1. The van der Waals surface area contributed by atoms with E-state index >= 15 is 0 Å². The van der Waals surface area contributed by atoms with E-state index in [2.05, 4.69) is 5.32 Å². The molecule has 0 fully saturated rings. The fraction of sp³-hybridized carbons (Fsp3) is 0.381. The van der Waals surface area contributed by atoms with E-state index < -0.39 is 16.1 Å². The van der Waals surface area contributed by atoms with Gasteiger partial charge in [0.25, 0.3) is 0 Å². The molecular formula is C21H27ClN2O3S. The third-order valence-corrected chi connectivity index (χ3v) is 6.35.